The highest BCUT2D eigenvalue weighted by atomic mass is 32.2. The second-order valence-corrected chi connectivity index (χ2v) is 6.93. The fraction of sp³-hybridized carbons (Fsp3) is 0.200. The zero-order chi connectivity index (χ0) is 17.5. The summed E-state index contributed by atoms with van der Waals surface area (Å²) in [5.41, 5.74) is 0.242. The lowest BCUT2D eigenvalue weighted by atomic mass is 10.3. The molecule has 1 aromatic carbocycles. The first-order chi connectivity index (χ1) is 11.3. The molecule has 3 aromatic rings. The van der Waals surface area contributed by atoms with E-state index in [9.17, 15) is 13.2 Å². The first-order valence-electron chi connectivity index (χ1n) is 7.05. The molecule has 3 rings (SSSR count). The molecule has 0 saturated heterocycles. The number of ether oxygens (including phenoxy) is 1. The maximum atomic E-state index is 12.6. The van der Waals surface area contributed by atoms with Crippen molar-refractivity contribution in [3.63, 3.8) is 0 Å². The van der Waals surface area contributed by atoms with Crippen LogP contribution in [-0.4, -0.2) is 29.7 Å². The number of aryl methyl sites for hydroxylation is 2. The van der Waals surface area contributed by atoms with Crippen LogP contribution in [0.2, 0.25) is 0 Å². The van der Waals surface area contributed by atoms with Crippen LogP contribution >= 0.6 is 0 Å². The lowest BCUT2D eigenvalue weighted by Crippen LogP contribution is -2.22. The van der Waals surface area contributed by atoms with Crippen molar-refractivity contribution in [2.24, 2.45) is 7.05 Å². The molecule has 0 unspecified atom stereocenters. The molecule has 0 aliphatic carbocycles. The van der Waals surface area contributed by atoms with Crippen molar-refractivity contribution in [2.75, 3.05) is 11.8 Å². The molecule has 9 heteroatoms. The van der Waals surface area contributed by atoms with Gasteiger partial charge in [0, 0.05) is 19.3 Å². The number of methoxy groups -OCH3 is 1. The van der Waals surface area contributed by atoms with Crippen LogP contribution < -0.4 is 15.0 Å². The smallest absolute Gasteiger partial charge is 0.290 e. The molecule has 0 radical (unpaired) electrons. The van der Waals surface area contributed by atoms with Crippen LogP contribution in [0, 0.1) is 6.92 Å². The third kappa shape index (κ3) is 2.73. The van der Waals surface area contributed by atoms with Gasteiger partial charge in [-0.3, -0.25) is 13.9 Å². The summed E-state index contributed by atoms with van der Waals surface area (Å²) in [7, 11) is -0.830. The number of nitrogens with zero attached hydrogens (tertiary/aromatic N) is 3. The fourth-order valence-corrected chi connectivity index (χ4v) is 3.46. The average Bonchev–Trinajstić information content (AvgIpc) is 2.99. The van der Waals surface area contributed by atoms with Crippen molar-refractivity contribution < 1.29 is 13.2 Å². The number of hydrogen-bond acceptors (Lipinski definition) is 5. The number of hydrogen-bond donors (Lipinski definition) is 1. The van der Waals surface area contributed by atoms with Crippen LogP contribution in [0.25, 0.3) is 5.52 Å². The number of sulfonamides is 1. The van der Waals surface area contributed by atoms with Crippen LogP contribution in [0.3, 0.4) is 0 Å². The Morgan fingerprint density at radius 3 is 2.71 bits per heavy atom. The maximum absolute atomic E-state index is 12.6. The van der Waals surface area contributed by atoms with Crippen molar-refractivity contribution in [3.05, 3.63) is 52.7 Å². The molecule has 0 aliphatic rings. The molecule has 0 atom stereocenters. The van der Waals surface area contributed by atoms with Gasteiger partial charge in [0.25, 0.3) is 15.6 Å². The quantitative estimate of drug-likeness (QED) is 0.763. The molecular formula is C15H16N4O4S. The monoisotopic (exact) mass is 348 g/mol. The summed E-state index contributed by atoms with van der Waals surface area (Å²) >= 11 is 0. The Bertz CT molecular complexity index is 1080. The second-order valence-electron chi connectivity index (χ2n) is 5.24. The Labute approximate surface area is 138 Å². The highest BCUT2D eigenvalue weighted by Crippen LogP contribution is 2.21. The predicted molar refractivity (Wildman–Crippen MR) is 89.0 cm³/mol. The van der Waals surface area contributed by atoms with Crippen LogP contribution in [-0.2, 0) is 17.1 Å². The van der Waals surface area contributed by atoms with Crippen molar-refractivity contribution in [1.82, 2.24) is 14.2 Å². The Morgan fingerprint density at radius 1 is 1.25 bits per heavy atom. The molecule has 2 heterocycles. The molecule has 24 heavy (non-hydrogen) atoms. The Balaban J connectivity index is 2.07. The summed E-state index contributed by atoms with van der Waals surface area (Å²) in [5, 5.41) is 4.04. The lowest BCUT2D eigenvalue weighted by Gasteiger charge is -2.07. The minimum atomic E-state index is -3.85. The van der Waals surface area contributed by atoms with E-state index >= 15 is 0 Å². The Hall–Kier alpha value is -2.81. The summed E-state index contributed by atoms with van der Waals surface area (Å²) in [6.07, 6.45) is 1.38. The van der Waals surface area contributed by atoms with Gasteiger partial charge in [0.15, 0.2) is 0 Å². The van der Waals surface area contributed by atoms with E-state index in [2.05, 4.69) is 9.82 Å². The zero-order valence-corrected chi connectivity index (χ0v) is 14.2. The van der Waals surface area contributed by atoms with Gasteiger partial charge in [-0.15, -0.1) is 0 Å². The minimum Gasteiger partial charge on any atom is -0.497 e. The predicted octanol–water partition coefficient (Wildman–Crippen LogP) is 1.15. The van der Waals surface area contributed by atoms with E-state index in [0.29, 0.717) is 17.3 Å². The summed E-state index contributed by atoms with van der Waals surface area (Å²) in [5.74, 6) is 1.04. The van der Waals surface area contributed by atoms with Crippen LogP contribution in [0.4, 0.5) is 5.69 Å². The van der Waals surface area contributed by atoms with Gasteiger partial charge in [0.05, 0.1) is 12.8 Å². The molecular weight excluding hydrogens is 332 g/mol. The van der Waals surface area contributed by atoms with Crippen molar-refractivity contribution in [3.8, 4) is 5.75 Å². The first kappa shape index (κ1) is 16.1. The van der Waals surface area contributed by atoms with E-state index in [1.807, 2.05) is 0 Å². The van der Waals surface area contributed by atoms with Crippen molar-refractivity contribution >= 4 is 21.2 Å². The van der Waals surface area contributed by atoms with Gasteiger partial charge in [0.1, 0.15) is 22.0 Å². The number of benzene rings is 1. The standard InChI is InChI=1S/C15H16N4O4S/c1-10-16-18(2)15(20)14-8-13(9-19(10)14)24(21,22)17-11-5-4-6-12(7-11)23-3/h4-9,17H,1-3H3. The molecule has 1 N–H and O–H groups in total. The van der Waals surface area contributed by atoms with E-state index in [4.69, 9.17) is 4.74 Å². The van der Waals surface area contributed by atoms with Crippen molar-refractivity contribution in [2.45, 2.75) is 11.8 Å². The maximum Gasteiger partial charge on any atom is 0.290 e. The topological polar surface area (TPSA) is 94.7 Å². The second kappa shape index (κ2) is 5.68. The summed E-state index contributed by atoms with van der Waals surface area (Å²) in [4.78, 5) is 12.1. The van der Waals surface area contributed by atoms with Gasteiger partial charge in [-0.05, 0) is 25.1 Å². The third-order valence-corrected chi connectivity index (χ3v) is 4.93. The number of aromatic nitrogens is 3. The van der Waals surface area contributed by atoms with Gasteiger partial charge in [0.2, 0.25) is 0 Å². The normalized spacial score (nSPS) is 11.6. The minimum absolute atomic E-state index is 0.0153. The molecule has 0 saturated carbocycles. The number of anilines is 1. The van der Waals surface area contributed by atoms with Gasteiger partial charge < -0.3 is 4.74 Å². The molecule has 0 spiro atoms. The van der Waals surface area contributed by atoms with E-state index < -0.39 is 10.0 Å². The molecule has 126 valence electrons. The largest absolute Gasteiger partial charge is 0.497 e. The molecule has 0 amide bonds. The van der Waals surface area contributed by atoms with E-state index in [-0.39, 0.29) is 16.0 Å². The SMILES string of the molecule is COc1cccc(NS(=O)(=O)c2cc3c(=O)n(C)nc(C)n3c2)c1. The molecule has 2 aromatic heterocycles. The third-order valence-electron chi connectivity index (χ3n) is 3.58. The average molecular weight is 348 g/mol. The summed E-state index contributed by atoms with van der Waals surface area (Å²) in [6.45, 7) is 1.69. The highest BCUT2D eigenvalue weighted by molar-refractivity contribution is 7.92. The van der Waals surface area contributed by atoms with E-state index in [1.54, 1.807) is 31.2 Å². The van der Waals surface area contributed by atoms with Crippen LogP contribution in [0.1, 0.15) is 5.82 Å². The number of rotatable bonds is 4. The van der Waals surface area contributed by atoms with Gasteiger partial charge in [-0.2, -0.15) is 5.10 Å². The van der Waals surface area contributed by atoms with E-state index in [0.717, 1.165) is 0 Å². The van der Waals surface area contributed by atoms with Gasteiger partial charge in [-0.25, -0.2) is 13.1 Å². The van der Waals surface area contributed by atoms with Gasteiger partial charge in [-0.1, -0.05) is 6.07 Å². The molecule has 0 fully saturated rings. The molecule has 0 aliphatic heterocycles. The lowest BCUT2D eigenvalue weighted by molar-refractivity contribution is 0.415. The summed E-state index contributed by atoms with van der Waals surface area (Å²) in [6, 6.07) is 7.90. The first-order valence-corrected chi connectivity index (χ1v) is 8.53. The molecule has 8 nitrogen and oxygen atoms in total. The van der Waals surface area contributed by atoms with Crippen LogP contribution in [0.5, 0.6) is 5.75 Å². The zero-order valence-electron chi connectivity index (χ0n) is 13.3. The highest BCUT2D eigenvalue weighted by Gasteiger charge is 2.19. The Morgan fingerprint density at radius 2 is 2.00 bits per heavy atom. The molecule has 0 bridgehead atoms. The van der Waals surface area contributed by atoms with Crippen LogP contribution in [0.15, 0.2) is 46.2 Å². The Kier molecular flexibility index (Phi) is 3.80. The van der Waals surface area contributed by atoms with Crippen molar-refractivity contribution in [1.29, 1.82) is 0 Å². The number of nitrogens with one attached hydrogen (secondary N) is 1. The van der Waals surface area contributed by atoms with E-state index in [1.165, 1.54) is 35.5 Å². The fourth-order valence-electron chi connectivity index (χ4n) is 2.39. The van der Waals surface area contributed by atoms with Gasteiger partial charge >= 0.3 is 0 Å². The number of fused-ring (bicyclic) bond motifs is 1. The summed E-state index contributed by atoms with van der Waals surface area (Å²) < 4.78 is 35.4.